The third kappa shape index (κ3) is 8.31. The van der Waals surface area contributed by atoms with E-state index < -0.39 is 0 Å². The van der Waals surface area contributed by atoms with Crippen molar-refractivity contribution in [2.24, 2.45) is 5.73 Å². The minimum Gasteiger partial charge on any atom is -0.333 e. The van der Waals surface area contributed by atoms with Crippen molar-refractivity contribution in [2.75, 3.05) is 7.05 Å². The lowest BCUT2D eigenvalue weighted by atomic mass is 10.0. The lowest BCUT2D eigenvalue weighted by Gasteiger charge is -2.04. The number of benzene rings is 2. The zero-order chi connectivity index (χ0) is 16.7. The van der Waals surface area contributed by atoms with Crippen LogP contribution in [0, 0.1) is 6.92 Å². The Hall–Kier alpha value is -1.60. The quantitative estimate of drug-likeness (QED) is 0.736. The smallest absolute Gasteiger partial charge is 0.0181 e. The molecule has 2 aromatic carbocycles. The largest absolute Gasteiger partial charge is 0.333 e. The molecule has 0 saturated heterocycles. The standard InChI is InChI=1S/C15H16.2C2H6.CH5N/c1-3-13-7-5-9-15(11-13)14-8-4-6-12(2)10-14;3*1-2/h4-11H,3H2,1-2H3;2*1-2H3;2H2,1H3. The highest BCUT2D eigenvalue weighted by molar-refractivity contribution is 5.64. The maximum Gasteiger partial charge on any atom is -0.0181 e. The molecule has 0 spiro atoms. The SMILES string of the molecule is CC.CC.CCc1cccc(-c2cccc(C)c2)c1.CN. The van der Waals surface area contributed by atoms with Gasteiger partial charge in [0, 0.05) is 0 Å². The normalized spacial score (nSPS) is 8.19. The van der Waals surface area contributed by atoms with Crippen molar-refractivity contribution < 1.29 is 0 Å². The van der Waals surface area contributed by atoms with E-state index in [2.05, 4.69) is 68.1 Å². The van der Waals surface area contributed by atoms with Crippen LogP contribution in [0.2, 0.25) is 0 Å². The molecule has 0 amide bonds. The van der Waals surface area contributed by atoms with Crippen LogP contribution in [0.3, 0.4) is 0 Å². The molecule has 0 aromatic heterocycles. The fraction of sp³-hybridized carbons (Fsp3) is 0.400. The molecule has 0 unspecified atom stereocenters. The molecule has 0 bridgehead atoms. The number of hydrogen-bond donors (Lipinski definition) is 1. The van der Waals surface area contributed by atoms with Crippen molar-refractivity contribution in [3.05, 3.63) is 59.7 Å². The van der Waals surface area contributed by atoms with Crippen molar-refractivity contribution >= 4 is 0 Å². The Kier molecular flexibility index (Phi) is 15.3. The van der Waals surface area contributed by atoms with Gasteiger partial charge in [-0.05, 0) is 37.1 Å². The van der Waals surface area contributed by atoms with Gasteiger partial charge in [-0.3, -0.25) is 0 Å². The highest BCUT2D eigenvalue weighted by Gasteiger charge is 1.98. The fourth-order valence-corrected chi connectivity index (χ4v) is 1.80. The van der Waals surface area contributed by atoms with E-state index in [-0.39, 0.29) is 0 Å². The van der Waals surface area contributed by atoms with Crippen LogP contribution >= 0.6 is 0 Å². The Morgan fingerprint density at radius 2 is 1.24 bits per heavy atom. The van der Waals surface area contributed by atoms with Crippen LogP contribution in [0.5, 0.6) is 0 Å². The first-order valence-corrected chi connectivity index (χ1v) is 8.03. The Morgan fingerprint density at radius 1 is 0.762 bits per heavy atom. The lowest BCUT2D eigenvalue weighted by Crippen LogP contribution is -1.83. The van der Waals surface area contributed by atoms with E-state index in [4.69, 9.17) is 0 Å². The molecule has 2 N–H and O–H groups in total. The van der Waals surface area contributed by atoms with Crippen molar-refractivity contribution in [3.63, 3.8) is 0 Å². The second-order valence-electron chi connectivity index (χ2n) is 3.92. The van der Waals surface area contributed by atoms with Crippen molar-refractivity contribution in [1.82, 2.24) is 0 Å². The van der Waals surface area contributed by atoms with Crippen LogP contribution in [0.4, 0.5) is 0 Å². The summed E-state index contributed by atoms with van der Waals surface area (Å²) < 4.78 is 0. The third-order valence-electron chi connectivity index (χ3n) is 2.69. The monoisotopic (exact) mass is 287 g/mol. The average Bonchev–Trinajstić information content (AvgIpc) is 2.60. The Bertz CT molecular complexity index is 461. The van der Waals surface area contributed by atoms with E-state index in [0.29, 0.717) is 0 Å². The molecule has 0 radical (unpaired) electrons. The average molecular weight is 287 g/mol. The molecule has 1 heteroatoms. The maximum absolute atomic E-state index is 4.50. The number of hydrogen-bond acceptors (Lipinski definition) is 1. The first-order valence-electron chi connectivity index (χ1n) is 8.03. The molecule has 1 nitrogen and oxygen atoms in total. The maximum atomic E-state index is 4.50. The second-order valence-corrected chi connectivity index (χ2v) is 3.92. The van der Waals surface area contributed by atoms with Gasteiger partial charge in [0.1, 0.15) is 0 Å². The van der Waals surface area contributed by atoms with Crippen LogP contribution < -0.4 is 5.73 Å². The Morgan fingerprint density at radius 3 is 1.71 bits per heavy atom. The van der Waals surface area contributed by atoms with Crippen LogP contribution in [-0.2, 0) is 6.42 Å². The van der Waals surface area contributed by atoms with Crippen molar-refractivity contribution in [2.45, 2.75) is 48.0 Å². The van der Waals surface area contributed by atoms with Crippen LogP contribution in [0.25, 0.3) is 11.1 Å². The van der Waals surface area contributed by atoms with Gasteiger partial charge in [-0.1, -0.05) is 88.7 Å². The highest BCUT2D eigenvalue weighted by Crippen LogP contribution is 2.21. The van der Waals surface area contributed by atoms with E-state index in [1.165, 1.54) is 29.3 Å². The molecule has 0 heterocycles. The molecular weight excluding hydrogens is 254 g/mol. The minimum atomic E-state index is 1.10. The van der Waals surface area contributed by atoms with E-state index in [1.54, 1.807) is 0 Å². The van der Waals surface area contributed by atoms with Gasteiger partial charge in [0.2, 0.25) is 0 Å². The Balaban J connectivity index is 0. The predicted molar refractivity (Wildman–Crippen MR) is 98.8 cm³/mol. The molecule has 2 aromatic rings. The van der Waals surface area contributed by atoms with Crippen molar-refractivity contribution in [1.29, 1.82) is 0 Å². The number of aryl methyl sites for hydroxylation is 2. The summed E-state index contributed by atoms with van der Waals surface area (Å²) in [6.07, 6.45) is 1.10. The molecule has 0 atom stereocenters. The molecule has 21 heavy (non-hydrogen) atoms. The van der Waals surface area contributed by atoms with Gasteiger partial charge in [-0.25, -0.2) is 0 Å². The summed E-state index contributed by atoms with van der Waals surface area (Å²) in [5.41, 5.74) is 9.84. The summed E-state index contributed by atoms with van der Waals surface area (Å²) in [4.78, 5) is 0. The molecule has 0 fully saturated rings. The van der Waals surface area contributed by atoms with Crippen molar-refractivity contribution in [3.8, 4) is 11.1 Å². The molecule has 0 aliphatic heterocycles. The van der Waals surface area contributed by atoms with Crippen LogP contribution in [-0.4, -0.2) is 7.05 Å². The Labute approximate surface area is 132 Å². The van der Waals surface area contributed by atoms with E-state index >= 15 is 0 Å². The summed E-state index contributed by atoms with van der Waals surface area (Å²) in [7, 11) is 1.50. The minimum absolute atomic E-state index is 1.10. The third-order valence-corrected chi connectivity index (χ3v) is 2.69. The summed E-state index contributed by atoms with van der Waals surface area (Å²) in [5, 5.41) is 0. The van der Waals surface area contributed by atoms with Gasteiger partial charge < -0.3 is 5.73 Å². The second kappa shape index (κ2) is 14.8. The van der Waals surface area contributed by atoms with Gasteiger partial charge in [-0.15, -0.1) is 0 Å². The molecule has 0 saturated carbocycles. The lowest BCUT2D eigenvalue weighted by molar-refractivity contribution is 1.14. The van der Waals surface area contributed by atoms with Gasteiger partial charge in [0.05, 0.1) is 0 Å². The van der Waals surface area contributed by atoms with Gasteiger partial charge in [-0.2, -0.15) is 0 Å². The zero-order valence-corrected chi connectivity index (χ0v) is 14.9. The summed E-state index contributed by atoms with van der Waals surface area (Å²) >= 11 is 0. The molecule has 2 rings (SSSR count). The van der Waals surface area contributed by atoms with E-state index in [1.807, 2.05) is 27.7 Å². The summed E-state index contributed by atoms with van der Waals surface area (Å²) in [6, 6.07) is 17.4. The van der Waals surface area contributed by atoms with E-state index in [9.17, 15) is 0 Å². The molecular formula is C20H33N. The zero-order valence-electron chi connectivity index (χ0n) is 14.9. The van der Waals surface area contributed by atoms with Crippen LogP contribution in [0.15, 0.2) is 48.5 Å². The molecule has 118 valence electrons. The predicted octanol–water partition coefficient (Wildman–Crippen LogP) is 5.85. The fourth-order valence-electron chi connectivity index (χ4n) is 1.80. The summed E-state index contributed by atoms with van der Waals surface area (Å²) in [6.45, 7) is 12.3. The van der Waals surface area contributed by atoms with Gasteiger partial charge in [0.15, 0.2) is 0 Å². The van der Waals surface area contributed by atoms with Gasteiger partial charge in [0.25, 0.3) is 0 Å². The summed E-state index contributed by atoms with van der Waals surface area (Å²) in [5.74, 6) is 0. The number of nitrogens with two attached hydrogens (primary N) is 1. The number of rotatable bonds is 2. The van der Waals surface area contributed by atoms with Crippen LogP contribution in [0.1, 0.15) is 45.7 Å². The molecule has 0 aliphatic rings. The topological polar surface area (TPSA) is 26.0 Å². The highest BCUT2D eigenvalue weighted by atomic mass is 14.4. The van der Waals surface area contributed by atoms with Gasteiger partial charge >= 0.3 is 0 Å². The van der Waals surface area contributed by atoms with E-state index in [0.717, 1.165) is 6.42 Å². The molecule has 0 aliphatic carbocycles. The first-order chi connectivity index (χ1) is 10.3. The first kappa shape index (κ1) is 21.7.